The maximum atomic E-state index is 3.74. The van der Waals surface area contributed by atoms with Crippen molar-refractivity contribution in [1.29, 1.82) is 0 Å². The summed E-state index contributed by atoms with van der Waals surface area (Å²) in [5.74, 6) is 0. The van der Waals surface area contributed by atoms with Gasteiger partial charge in [-0.2, -0.15) is 0 Å². The van der Waals surface area contributed by atoms with Gasteiger partial charge in [0, 0.05) is 6.54 Å². The van der Waals surface area contributed by atoms with Crippen LogP contribution >= 0.6 is 0 Å². The molecule has 13 heavy (non-hydrogen) atoms. The fraction of sp³-hybridized carbons (Fsp3) is 0.667. The molecule has 0 radical (unpaired) electrons. The van der Waals surface area contributed by atoms with Crippen LogP contribution in [0.2, 0.25) is 0 Å². The summed E-state index contributed by atoms with van der Waals surface area (Å²) in [5.41, 5.74) is 1.98. The highest BCUT2D eigenvalue weighted by molar-refractivity contribution is 5.15. The standard InChI is InChI=1S/C12H21N/c1-4-5-6-7-11-8-9-13-10-12(11,2)3/h4,7,13H,1,5-6,8-10H2,2-3H3/b11-7+. The van der Waals surface area contributed by atoms with E-state index in [0.29, 0.717) is 5.41 Å². The maximum absolute atomic E-state index is 3.74. The van der Waals surface area contributed by atoms with E-state index in [0.717, 1.165) is 25.9 Å². The van der Waals surface area contributed by atoms with Gasteiger partial charge < -0.3 is 5.32 Å². The van der Waals surface area contributed by atoms with Crippen LogP contribution in [0.3, 0.4) is 0 Å². The molecule has 1 N–H and O–H groups in total. The molecule has 0 amide bonds. The molecule has 0 aromatic carbocycles. The molecule has 1 fully saturated rings. The van der Waals surface area contributed by atoms with Gasteiger partial charge in [-0.1, -0.05) is 31.6 Å². The molecular formula is C12H21N. The van der Waals surface area contributed by atoms with E-state index in [1.807, 2.05) is 6.08 Å². The Hall–Kier alpha value is -0.560. The zero-order valence-corrected chi connectivity index (χ0v) is 8.90. The van der Waals surface area contributed by atoms with E-state index in [4.69, 9.17) is 0 Å². The second kappa shape index (κ2) is 4.61. The number of nitrogens with one attached hydrogen (secondary N) is 1. The Morgan fingerprint density at radius 1 is 1.46 bits per heavy atom. The summed E-state index contributed by atoms with van der Waals surface area (Å²) in [6.45, 7) is 10.6. The molecule has 1 nitrogen and oxygen atoms in total. The monoisotopic (exact) mass is 179 g/mol. The molecule has 1 saturated heterocycles. The SMILES string of the molecule is C=CCC/C=C1\CCNCC1(C)C. The van der Waals surface area contributed by atoms with Crippen LogP contribution in [0.25, 0.3) is 0 Å². The number of hydrogen-bond donors (Lipinski definition) is 1. The van der Waals surface area contributed by atoms with Crippen molar-refractivity contribution >= 4 is 0 Å². The average Bonchev–Trinajstić information content (AvgIpc) is 2.08. The van der Waals surface area contributed by atoms with Gasteiger partial charge in [-0.3, -0.25) is 0 Å². The number of allylic oxidation sites excluding steroid dienone is 2. The van der Waals surface area contributed by atoms with Crippen LogP contribution in [0.4, 0.5) is 0 Å². The van der Waals surface area contributed by atoms with E-state index in [9.17, 15) is 0 Å². The first kappa shape index (κ1) is 10.5. The van der Waals surface area contributed by atoms with Gasteiger partial charge in [0.25, 0.3) is 0 Å². The highest BCUT2D eigenvalue weighted by Crippen LogP contribution is 2.30. The van der Waals surface area contributed by atoms with Gasteiger partial charge in [-0.25, -0.2) is 0 Å². The predicted octanol–water partition coefficient (Wildman–Crippen LogP) is 2.90. The Morgan fingerprint density at radius 2 is 2.23 bits per heavy atom. The van der Waals surface area contributed by atoms with Crippen molar-refractivity contribution in [1.82, 2.24) is 5.32 Å². The fourth-order valence-corrected chi connectivity index (χ4v) is 1.83. The van der Waals surface area contributed by atoms with Gasteiger partial charge in [0.15, 0.2) is 0 Å². The largest absolute Gasteiger partial charge is 0.316 e. The van der Waals surface area contributed by atoms with Crippen molar-refractivity contribution in [2.24, 2.45) is 5.41 Å². The van der Waals surface area contributed by atoms with Crippen molar-refractivity contribution < 1.29 is 0 Å². The molecule has 0 bridgehead atoms. The second-order valence-corrected chi connectivity index (χ2v) is 4.41. The van der Waals surface area contributed by atoms with Gasteiger partial charge in [-0.15, -0.1) is 6.58 Å². The summed E-state index contributed by atoms with van der Waals surface area (Å²) in [7, 11) is 0. The first-order valence-corrected chi connectivity index (χ1v) is 5.18. The summed E-state index contributed by atoms with van der Waals surface area (Å²) >= 11 is 0. The molecule has 1 aliphatic heterocycles. The summed E-state index contributed by atoms with van der Waals surface area (Å²) in [4.78, 5) is 0. The van der Waals surface area contributed by atoms with E-state index in [2.05, 4.69) is 31.8 Å². The van der Waals surface area contributed by atoms with Crippen LogP contribution in [0.1, 0.15) is 33.1 Å². The van der Waals surface area contributed by atoms with Crippen molar-refractivity contribution in [3.8, 4) is 0 Å². The summed E-state index contributed by atoms with van der Waals surface area (Å²) in [5, 5.41) is 3.43. The summed E-state index contributed by atoms with van der Waals surface area (Å²) in [6.07, 6.45) is 7.87. The smallest absolute Gasteiger partial charge is 0.00400 e. The molecule has 0 unspecified atom stereocenters. The highest BCUT2D eigenvalue weighted by atomic mass is 14.9. The summed E-state index contributed by atoms with van der Waals surface area (Å²) < 4.78 is 0. The lowest BCUT2D eigenvalue weighted by atomic mass is 9.79. The molecule has 0 atom stereocenters. The van der Waals surface area contributed by atoms with Crippen molar-refractivity contribution in [3.63, 3.8) is 0 Å². The Bertz CT molecular complexity index is 201. The van der Waals surface area contributed by atoms with E-state index >= 15 is 0 Å². The lowest BCUT2D eigenvalue weighted by Gasteiger charge is -2.33. The van der Waals surface area contributed by atoms with E-state index in [-0.39, 0.29) is 0 Å². The van der Waals surface area contributed by atoms with Crippen LogP contribution in [-0.4, -0.2) is 13.1 Å². The van der Waals surface area contributed by atoms with Crippen LogP contribution in [-0.2, 0) is 0 Å². The third-order valence-electron chi connectivity index (χ3n) is 2.77. The van der Waals surface area contributed by atoms with Crippen molar-refractivity contribution in [3.05, 3.63) is 24.3 Å². The lowest BCUT2D eigenvalue weighted by Crippen LogP contribution is -2.37. The Morgan fingerprint density at radius 3 is 2.85 bits per heavy atom. The molecule has 0 spiro atoms. The molecule has 0 saturated carbocycles. The molecule has 74 valence electrons. The Kier molecular flexibility index (Phi) is 3.73. The number of hydrogen-bond acceptors (Lipinski definition) is 1. The Balaban J connectivity index is 2.54. The van der Waals surface area contributed by atoms with Gasteiger partial charge in [0.05, 0.1) is 0 Å². The van der Waals surface area contributed by atoms with Gasteiger partial charge in [0.1, 0.15) is 0 Å². The second-order valence-electron chi connectivity index (χ2n) is 4.41. The average molecular weight is 179 g/mol. The molecule has 0 aliphatic carbocycles. The molecule has 0 aromatic rings. The summed E-state index contributed by atoms with van der Waals surface area (Å²) in [6, 6.07) is 0. The van der Waals surface area contributed by atoms with E-state index in [1.165, 1.54) is 6.42 Å². The zero-order valence-electron chi connectivity index (χ0n) is 8.90. The topological polar surface area (TPSA) is 12.0 Å². The predicted molar refractivity (Wildman–Crippen MR) is 58.8 cm³/mol. The minimum atomic E-state index is 0.361. The minimum Gasteiger partial charge on any atom is -0.316 e. The van der Waals surface area contributed by atoms with E-state index in [1.54, 1.807) is 5.57 Å². The van der Waals surface area contributed by atoms with Crippen LogP contribution in [0.5, 0.6) is 0 Å². The van der Waals surface area contributed by atoms with Gasteiger partial charge in [0.2, 0.25) is 0 Å². The maximum Gasteiger partial charge on any atom is 0.00400 e. The fourth-order valence-electron chi connectivity index (χ4n) is 1.83. The third kappa shape index (κ3) is 3.00. The van der Waals surface area contributed by atoms with Crippen molar-refractivity contribution in [2.75, 3.05) is 13.1 Å². The first-order chi connectivity index (χ1) is 6.17. The van der Waals surface area contributed by atoms with Crippen LogP contribution in [0, 0.1) is 5.41 Å². The van der Waals surface area contributed by atoms with Crippen LogP contribution in [0.15, 0.2) is 24.3 Å². The number of rotatable bonds is 3. The number of unbranched alkanes of at least 4 members (excludes halogenated alkanes) is 1. The molecule has 1 heteroatoms. The highest BCUT2D eigenvalue weighted by Gasteiger charge is 2.25. The molecule has 0 aromatic heterocycles. The molecule has 1 aliphatic rings. The molecule has 1 heterocycles. The molecular weight excluding hydrogens is 158 g/mol. The first-order valence-electron chi connectivity index (χ1n) is 5.18. The quantitative estimate of drug-likeness (QED) is 0.519. The van der Waals surface area contributed by atoms with Crippen molar-refractivity contribution in [2.45, 2.75) is 33.1 Å². The third-order valence-corrected chi connectivity index (χ3v) is 2.77. The molecule has 1 rings (SSSR count). The zero-order chi connectivity index (χ0) is 9.73. The van der Waals surface area contributed by atoms with Crippen LogP contribution < -0.4 is 5.32 Å². The minimum absolute atomic E-state index is 0.361. The number of piperidine rings is 1. The Labute approximate surface area is 81.9 Å². The van der Waals surface area contributed by atoms with Gasteiger partial charge >= 0.3 is 0 Å². The van der Waals surface area contributed by atoms with E-state index < -0.39 is 0 Å². The van der Waals surface area contributed by atoms with Gasteiger partial charge in [-0.05, 0) is 31.2 Å². The normalized spacial score (nSPS) is 24.6. The lowest BCUT2D eigenvalue weighted by molar-refractivity contribution is 0.356.